The van der Waals surface area contributed by atoms with Gasteiger partial charge in [-0.05, 0) is 19.1 Å². The molecule has 5 heteroatoms. The summed E-state index contributed by atoms with van der Waals surface area (Å²) in [7, 11) is 0. The molecule has 0 aliphatic rings. The molecule has 0 saturated heterocycles. The Morgan fingerprint density at radius 2 is 2.27 bits per heavy atom. The molecule has 0 amide bonds. The number of fused-ring (bicyclic) bond motifs is 1. The summed E-state index contributed by atoms with van der Waals surface area (Å²) in [6.45, 7) is 1.99. The van der Waals surface area contributed by atoms with Crippen molar-refractivity contribution < 1.29 is 0 Å². The highest BCUT2D eigenvalue weighted by atomic mass is 15.3. The molecule has 0 aliphatic heterocycles. The van der Waals surface area contributed by atoms with E-state index < -0.39 is 0 Å². The fourth-order valence-electron chi connectivity index (χ4n) is 1.63. The lowest BCUT2D eigenvalue weighted by Gasteiger charge is -1.99. The van der Waals surface area contributed by atoms with Gasteiger partial charge in [0, 0.05) is 18.1 Å². The van der Waals surface area contributed by atoms with Gasteiger partial charge in [-0.15, -0.1) is 0 Å². The van der Waals surface area contributed by atoms with Crippen molar-refractivity contribution in [2.45, 2.75) is 6.92 Å². The van der Waals surface area contributed by atoms with Crippen molar-refractivity contribution in [2.75, 3.05) is 0 Å². The maximum Gasteiger partial charge on any atom is 0.166 e. The van der Waals surface area contributed by atoms with Gasteiger partial charge in [0.05, 0.1) is 5.39 Å². The molecule has 0 saturated carbocycles. The molecule has 3 aromatic rings. The van der Waals surface area contributed by atoms with Crippen molar-refractivity contribution in [1.29, 1.82) is 0 Å². The number of rotatable bonds is 1. The van der Waals surface area contributed by atoms with Gasteiger partial charge in [-0.1, -0.05) is 0 Å². The molecule has 15 heavy (non-hydrogen) atoms. The molecular formula is C10H9N5. The molecule has 3 rings (SSSR count). The van der Waals surface area contributed by atoms with E-state index in [9.17, 15) is 0 Å². The molecule has 74 valence electrons. The van der Waals surface area contributed by atoms with Crippen LogP contribution in [0.3, 0.4) is 0 Å². The highest BCUT2D eigenvalue weighted by molar-refractivity contribution is 5.83. The van der Waals surface area contributed by atoms with Crippen LogP contribution in [0.25, 0.3) is 16.9 Å². The summed E-state index contributed by atoms with van der Waals surface area (Å²) in [5, 5.41) is 5.14. The summed E-state index contributed by atoms with van der Waals surface area (Å²) in [4.78, 5) is 11.6. The topological polar surface area (TPSA) is 59.4 Å². The first kappa shape index (κ1) is 8.16. The number of nitrogens with one attached hydrogen (secondary N) is 1. The fraction of sp³-hybridized carbons (Fsp3) is 0.100. The number of H-pyrrole nitrogens is 1. The minimum absolute atomic E-state index is 0.800. The SMILES string of the molecule is Cc1cc2c(-n3cccn3)ncnc2[nH]1. The minimum atomic E-state index is 0.800. The molecule has 0 unspecified atom stereocenters. The summed E-state index contributed by atoms with van der Waals surface area (Å²) >= 11 is 0. The summed E-state index contributed by atoms with van der Waals surface area (Å²) in [5.41, 5.74) is 1.91. The first-order valence-electron chi connectivity index (χ1n) is 4.65. The van der Waals surface area contributed by atoms with Gasteiger partial charge in [0.15, 0.2) is 5.82 Å². The lowest BCUT2D eigenvalue weighted by Crippen LogP contribution is -1.98. The van der Waals surface area contributed by atoms with Gasteiger partial charge in [0.2, 0.25) is 0 Å². The van der Waals surface area contributed by atoms with Crippen LogP contribution in [0, 0.1) is 6.92 Å². The predicted octanol–water partition coefficient (Wildman–Crippen LogP) is 1.45. The van der Waals surface area contributed by atoms with E-state index in [1.165, 1.54) is 6.33 Å². The molecule has 0 bridgehead atoms. The number of aryl methyl sites for hydroxylation is 1. The largest absolute Gasteiger partial charge is 0.343 e. The third-order valence-corrected chi connectivity index (χ3v) is 2.26. The van der Waals surface area contributed by atoms with Crippen LogP contribution in [0.4, 0.5) is 0 Å². The standard InChI is InChI=1S/C10H9N5/c1-7-5-8-9(14-7)11-6-12-10(8)15-4-2-3-13-15/h2-6H,1H3,(H,11,12,14). The van der Waals surface area contributed by atoms with Gasteiger partial charge >= 0.3 is 0 Å². The second kappa shape index (κ2) is 2.91. The van der Waals surface area contributed by atoms with Crippen molar-refractivity contribution in [3.63, 3.8) is 0 Å². The summed E-state index contributed by atoms with van der Waals surface area (Å²) in [6, 6.07) is 3.89. The maximum atomic E-state index is 4.23. The van der Waals surface area contributed by atoms with Crippen LogP contribution in [0.5, 0.6) is 0 Å². The summed E-state index contributed by atoms with van der Waals surface area (Å²) in [6.07, 6.45) is 5.13. The predicted molar refractivity (Wildman–Crippen MR) is 55.7 cm³/mol. The first-order valence-corrected chi connectivity index (χ1v) is 4.65. The number of aromatic amines is 1. The average Bonchev–Trinajstić information content (AvgIpc) is 2.82. The van der Waals surface area contributed by atoms with E-state index in [0.717, 1.165) is 22.5 Å². The van der Waals surface area contributed by atoms with E-state index in [1.54, 1.807) is 10.9 Å². The Kier molecular flexibility index (Phi) is 1.58. The van der Waals surface area contributed by atoms with Crippen molar-refractivity contribution in [3.05, 3.63) is 36.5 Å². The van der Waals surface area contributed by atoms with Crippen LogP contribution in [-0.4, -0.2) is 24.7 Å². The van der Waals surface area contributed by atoms with Crippen molar-refractivity contribution >= 4 is 11.0 Å². The molecule has 0 atom stereocenters. The number of hydrogen-bond donors (Lipinski definition) is 1. The van der Waals surface area contributed by atoms with Crippen molar-refractivity contribution in [2.24, 2.45) is 0 Å². The molecule has 0 aromatic carbocycles. The average molecular weight is 199 g/mol. The van der Waals surface area contributed by atoms with E-state index in [0.29, 0.717) is 0 Å². The zero-order chi connectivity index (χ0) is 10.3. The highest BCUT2D eigenvalue weighted by Crippen LogP contribution is 2.17. The van der Waals surface area contributed by atoms with Crippen LogP contribution >= 0.6 is 0 Å². The Bertz CT molecular complexity index is 593. The van der Waals surface area contributed by atoms with Crippen molar-refractivity contribution in [1.82, 2.24) is 24.7 Å². The molecule has 0 fully saturated rings. The number of hydrogen-bond acceptors (Lipinski definition) is 3. The fourth-order valence-corrected chi connectivity index (χ4v) is 1.63. The molecule has 1 N–H and O–H groups in total. The Morgan fingerprint density at radius 1 is 1.33 bits per heavy atom. The summed E-state index contributed by atoms with van der Waals surface area (Å²) < 4.78 is 1.73. The molecule has 3 heterocycles. The molecule has 0 radical (unpaired) electrons. The summed E-state index contributed by atoms with van der Waals surface area (Å²) in [5.74, 6) is 0.800. The van der Waals surface area contributed by atoms with E-state index in [4.69, 9.17) is 0 Å². The molecular weight excluding hydrogens is 190 g/mol. The van der Waals surface area contributed by atoms with Crippen LogP contribution < -0.4 is 0 Å². The quantitative estimate of drug-likeness (QED) is 0.645. The zero-order valence-electron chi connectivity index (χ0n) is 8.18. The zero-order valence-corrected chi connectivity index (χ0v) is 8.18. The highest BCUT2D eigenvalue weighted by Gasteiger charge is 2.07. The molecule has 0 spiro atoms. The normalized spacial score (nSPS) is 11.0. The Labute approximate surface area is 85.8 Å². The van der Waals surface area contributed by atoms with Crippen LogP contribution in [0.2, 0.25) is 0 Å². The van der Waals surface area contributed by atoms with Gasteiger partial charge in [-0.3, -0.25) is 0 Å². The van der Waals surface area contributed by atoms with E-state index in [2.05, 4.69) is 20.1 Å². The van der Waals surface area contributed by atoms with E-state index in [-0.39, 0.29) is 0 Å². The van der Waals surface area contributed by atoms with Crippen LogP contribution in [0.15, 0.2) is 30.9 Å². The second-order valence-electron chi connectivity index (χ2n) is 3.36. The molecule has 3 aromatic heterocycles. The number of nitrogens with zero attached hydrogens (tertiary/aromatic N) is 4. The smallest absolute Gasteiger partial charge is 0.166 e. The van der Waals surface area contributed by atoms with Gasteiger partial charge in [-0.25, -0.2) is 14.6 Å². The third-order valence-electron chi connectivity index (χ3n) is 2.26. The maximum absolute atomic E-state index is 4.23. The van der Waals surface area contributed by atoms with Crippen LogP contribution in [-0.2, 0) is 0 Å². The number of aromatic nitrogens is 5. The minimum Gasteiger partial charge on any atom is -0.343 e. The third kappa shape index (κ3) is 1.20. The second-order valence-corrected chi connectivity index (χ2v) is 3.36. The lowest BCUT2D eigenvalue weighted by molar-refractivity contribution is 0.851. The Balaban J connectivity index is 2.35. The molecule has 0 aliphatic carbocycles. The van der Waals surface area contributed by atoms with Gasteiger partial charge in [-0.2, -0.15) is 5.10 Å². The van der Waals surface area contributed by atoms with Crippen LogP contribution in [0.1, 0.15) is 5.69 Å². The Hall–Kier alpha value is -2.17. The van der Waals surface area contributed by atoms with Gasteiger partial charge in [0.25, 0.3) is 0 Å². The first-order chi connectivity index (χ1) is 7.34. The lowest BCUT2D eigenvalue weighted by atomic mass is 10.3. The monoisotopic (exact) mass is 199 g/mol. The Morgan fingerprint density at radius 3 is 3.07 bits per heavy atom. The molecule has 5 nitrogen and oxygen atoms in total. The van der Waals surface area contributed by atoms with Crippen molar-refractivity contribution in [3.8, 4) is 5.82 Å². The van der Waals surface area contributed by atoms with Gasteiger partial charge < -0.3 is 4.98 Å². The van der Waals surface area contributed by atoms with E-state index >= 15 is 0 Å². The van der Waals surface area contributed by atoms with E-state index in [1.807, 2.05) is 25.3 Å². The van der Waals surface area contributed by atoms with Gasteiger partial charge in [0.1, 0.15) is 12.0 Å².